The van der Waals surface area contributed by atoms with Crippen LogP contribution in [-0.2, 0) is 10.0 Å². The summed E-state index contributed by atoms with van der Waals surface area (Å²) in [6, 6.07) is 7.25. The van der Waals surface area contributed by atoms with Crippen LogP contribution in [0.1, 0.15) is 36.4 Å². The second-order valence-corrected chi connectivity index (χ2v) is 8.85. The molecule has 0 spiro atoms. The predicted octanol–water partition coefficient (Wildman–Crippen LogP) is 3.21. The van der Waals surface area contributed by atoms with E-state index < -0.39 is 28.4 Å². The third kappa shape index (κ3) is 5.79. The number of rotatable bonds is 9. The van der Waals surface area contributed by atoms with Gasteiger partial charge in [-0.25, -0.2) is 22.7 Å². The summed E-state index contributed by atoms with van der Waals surface area (Å²) in [4.78, 5) is 8.36. The average Bonchev–Trinajstić information content (AvgIpc) is 3.22. The molecule has 0 amide bonds. The zero-order valence-electron chi connectivity index (χ0n) is 17.2. The van der Waals surface area contributed by atoms with E-state index in [4.69, 9.17) is 4.42 Å². The van der Waals surface area contributed by atoms with E-state index in [-0.39, 0.29) is 23.9 Å². The third-order valence-electron chi connectivity index (χ3n) is 4.52. The number of aryl methyl sites for hydroxylation is 1. The first kappa shape index (κ1) is 22.7. The number of nitrogens with one attached hydrogen (secondary N) is 1. The Kier molecular flexibility index (Phi) is 6.91. The fraction of sp³-hybridized carbons (Fsp3) is 0.368. The van der Waals surface area contributed by atoms with Crippen LogP contribution in [0.25, 0.3) is 11.5 Å². The molecule has 0 bridgehead atoms. The number of alkyl halides is 2. The molecule has 166 valence electrons. The second kappa shape index (κ2) is 9.43. The number of likely N-dealkylation sites (N-methyl/N-ethyl adjacent to an activating group) is 1. The predicted molar refractivity (Wildman–Crippen MR) is 110 cm³/mol. The van der Waals surface area contributed by atoms with E-state index in [1.807, 2.05) is 31.2 Å². The highest BCUT2D eigenvalue weighted by atomic mass is 32.2. The van der Waals surface area contributed by atoms with Crippen molar-refractivity contribution < 1.29 is 21.6 Å². The summed E-state index contributed by atoms with van der Waals surface area (Å²) < 4.78 is 55.6. The number of benzene rings is 1. The van der Waals surface area contributed by atoms with Crippen molar-refractivity contribution >= 4 is 16.0 Å². The molecule has 2 aromatic heterocycles. The van der Waals surface area contributed by atoms with Crippen LogP contribution < -0.4 is 5.32 Å². The zero-order valence-corrected chi connectivity index (χ0v) is 18.0. The normalized spacial score (nSPS) is 13.0. The first-order chi connectivity index (χ1) is 14.7. The molecule has 1 aromatic carbocycles. The summed E-state index contributed by atoms with van der Waals surface area (Å²) in [5.41, 5.74) is 2.21. The molecule has 0 radical (unpaired) electrons. The molecular weight excluding hydrogens is 430 g/mol. The number of hydrogen-bond donors (Lipinski definition) is 1. The smallest absolute Gasteiger partial charge is 0.314 e. The van der Waals surface area contributed by atoms with Crippen molar-refractivity contribution in [1.29, 1.82) is 0 Å². The van der Waals surface area contributed by atoms with E-state index in [2.05, 4.69) is 25.5 Å². The highest BCUT2D eigenvalue weighted by molar-refractivity contribution is 7.88. The van der Waals surface area contributed by atoms with Gasteiger partial charge in [0.25, 0.3) is 11.8 Å². The van der Waals surface area contributed by atoms with Gasteiger partial charge in [0.05, 0.1) is 17.9 Å². The topological polar surface area (TPSA) is 114 Å². The number of nitrogens with zero attached hydrogens (tertiary/aromatic N) is 5. The first-order valence-corrected chi connectivity index (χ1v) is 11.2. The minimum absolute atomic E-state index is 0.119. The molecule has 1 unspecified atom stereocenters. The monoisotopic (exact) mass is 452 g/mol. The Morgan fingerprint density at radius 1 is 1.13 bits per heavy atom. The standard InChI is InChI=1S/C19H22F2N6O3S/c1-4-27(31(3,28)29)11-15(13-7-5-12(2)6-8-13)24-19-22-9-14(10-23-19)17-25-26-18(30-17)16(20)21/h5-10,15-16H,4,11H2,1-3H3,(H,22,23,24). The molecule has 0 saturated heterocycles. The van der Waals surface area contributed by atoms with Crippen LogP contribution in [0.3, 0.4) is 0 Å². The Balaban J connectivity index is 1.83. The highest BCUT2D eigenvalue weighted by Gasteiger charge is 2.22. The molecule has 1 atom stereocenters. The lowest BCUT2D eigenvalue weighted by atomic mass is 10.1. The van der Waals surface area contributed by atoms with E-state index in [1.165, 1.54) is 16.7 Å². The van der Waals surface area contributed by atoms with Crippen molar-refractivity contribution in [3.05, 3.63) is 53.7 Å². The van der Waals surface area contributed by atoms with Gasteiger partial charge in [0.1, 0.15) is 0 Å². The summed E-state index contributed by atoms with van der Waals surface area (Å²) in [5.74, 6) is -0.671. The minimum atomic E-state index is -3.40. The van der Waals surface area contributed by atoms with Gasteiger partial charge in [-0.1, -0.05) is 36.8 Å². The van der Waals surface area contributed by atoms with Crippen LogP contribution in [-0.4, -0.2) is 52.2 Å². The Bertz CT molecular complexity index is 1100. The summed E-state index contributed by atoms with van der Waals surface area (Å²) in [6.45, 7) is 4.20. The van der Waals surface area contributed by atoms with E-state index in [0.717, 1.165) is 17.4 Å². The largest absolute Gasteiger partial charge is 0.415 e. The van der Waals surface area contributed by atoms with Gasteiger partial charge in [-0.2, -0.15) is 8.78 Å². The molecule has 3 rings (SSSR count). The van der Waals surface area contributed by atoms with Crippen LogP contribution in [0.2, 0.25) is 0 Å². The van der Waals surface area contributed by atoms with Gasteiger partial charge in [0.2, 0.25) is 16.0 Å². The lowest BCUT2D eigenvalue weighted by Crippen LogP contribution is -2.36. The second-order valence-electron chi connectivity index (χ2n) is 6.86. The van der Waals surface area contributed by atoms with Crippen molar-refractivity contribution in [2.24, 2.45) is 0 Å². The highest BCUT2D eigenvalue weighted by Crippen LogP contribution is 2.24. The van der Waals surface area contributed by atoms with E-state index in [0.29, 0.717) is 6.54 Å². The van der Waals surface area contributed by atoms with Crippen LogP contribution >= 0.6 is 0 Å². The molecule has 9 nitrogen and oxygen atoms in total. The first-order valence-electron chi connectivity index (χ1n) is 9.39. The number of halogens is 2. The van der Waals surface area contributed by atoms with Crippen LogP contribution in [0.5, 0.6) is 0 Å². The van der Waals surface area contributed by atoms with Gasteiger partial charge < -0.3 is 9.73 Å². The molecule has 0 fully saturated rings. The molecule has 0 aliphatic heterocycles. The van der Waals surface area contributed by atoms with Gasteiger partial charge >= 0.3 is 6.43 Å². The number of anilines is 1. The van der Waals surface area contributed by atoms with Gasteiger partial charge in [-0.05, 0) is 12.5 Å². The summed E-state index contributed by atoms with van der Waals surface area (Å²) in [7, 11) is -3.40. The molecule has 0 aliphatic rings. The van der Waals surface area contributed by atoms with Gasteiger partial charge in [0, 0.05) is 25.5 Å². The van der Waals surface area contributed by atoms with E-state index in [9.17, 15) is 17.2 Å². The van der Waals surface area contributed by atoms with Gasteiger partial charge in [-0.3, -0.25) is 0 Å². The van der Waals surface area contributed by atoms with Crippen molar-refractivity contribution in [2.45, 2.75) is 26.3 Å². The molecular formula is C19H22F2N6O3S. The van der Waals surface area contributed by atoms with Crippen molar-refractivity contribution in [3.63, 3.8) is 0 Å². The Hall–Kier alpha value is -2.99. The zero-order chi connectivity index (χ0) is 22.6. The van der Waals surface area contributed by atoms with Crippen LogP contribution in [0.4, 0.5) is 14.7 Å². The molecule has 3 aromatic rings. The molecule has 0 aliphatic carbocycles. The maximum absolute atomic E-state index is 12.6. The summed E-state index contributed by atoms with van der Waals surface area (Å²) in [6.07, 6.45) is 1.01. The lowest BCUT2D eigenvalue weighted by molar-refractivity contribution is 0.116. The maximum Gasteiger partial charge on any atom is 0.314 e. The minimum Gasteiger partial charge on any atom is -0.415 e. The number of aromatic nitrogens is 4. The molecule has 0 saturated carbocycles. The van der Waals surface area contributed by atoms with Crippen LogP contribution in [0.15, 0.2) is 41.1 Å². The number of hydrogen-bond acceptors (Lipinski definition) is 8. The van der Waals surface area contributed by atoms with Crippen molar-refractivity contribution in [1.82, 2.24) is 24.5 Å². The van der Waals surface area contributed by atoms with E-state index >= 15 is 0 Å². The Morgan fingerprint density at radius 3 is 2.29 bits per heavy atom. The Labute approximate surface area is 178 Å². The van der Waals surface area contributed by atoms with Gasteiger partial charge in [-0.15, -0.1) is 10.2 Å². The number of sulfonamides is 1. The van der Waals surface area contributed by atoms with E-state index in [1.54, 1.807) is 6.92 Å². The van der Waals surface area contributed by atoms with Crippen molar-refractivity contribution in [3.8, 4) is 11.5 Å². The Morgan fingerprint density at radius 2 is 1.77 bits per heavy atom. The quantitative estimate of drug-likeness (QED) is 0.526. The molecule has 2 heterocycles. The molecule has 1 N–H and O–H groups in total. The third-order valence-corrected chi connectivity index (χ3v) is 5.86. The fourth-order valence-corrected chi connectivity index (χ4v) is 3.73. The van der Waals surface area contributed by atoms with Crippen molar-refractivity contribution in [2.75, 3.05) is 24.7 Å². The SMILES string of the molecule is CCN(CC(Nc1ncc(-c2nnc(C(F)F)o2)cn1)c1ccc(C)cc1)S(C)(=O)=O. The lowest BCUT2D eigenvalue weighted by Gasteiger charge is -2.26. The summed E-state index contributed by atoms with van der Waals surface area (Å²) in [5, 5.41) is 9.97. The molecule has 12 heteroatoms. The van der Waals surface area contributed by atoms with Crippen LogP contribution in [0, 0.1) is 6.92 Å². The maximum atomic E-state index is 12.6. The fourth-order valence-electron chi connectivity index (χ4n) is 2.84. The van der Waals surface area contributed by atoms with Gasteiger partial charge in [0.15, 0.2) is 0 Å². The summed E-state index contributed by atoms with van der Waals surface area (Å²) >= 11 is 0. The molecule has 31 heavy (non-hydrogen) atoms. The average molecular weight is 452 g/mol.